The minimum Gasteiger partial charge on any atom is -0.324 e. The third kappa shape index (κ3) is 4.79. The van der Waals surface area contributed by atoms with Gasteiger partial charge in [-0.25, -0.2) is 4.98 Å². The SMILES string of the molecule is Cc1sc2nc(CN(C)C)n(CC(=O)Nc3c(C(C)C)cccc3C(C)C)c(=O)c2c1C. The highest BCUT2D eigenvalue weighted by Crippen LogP contribution is 2.32. The van der Waals surface area contributed by atoms with Crippen LogP contribution in [-0.2, 0) is 17.9 Å². The molecule has 0 spiro atoms. The molecule has 0 saturated heterocycles. The number of carbonyl (C=O) groups excluding carboxylic acids is 1. The van der Waals surface area contributed by atoms with Crippen LogP contribution in [0.15, 0.2) is 23.0 Å². The standard InChI is InChI=1S/C25H34N4O2S/c1-14(2)18-10-9-11-19(15(3)4)23(18)27-21(30)13-29-20(12-28(7)8)26-24-22(25(29)31)16(5)17(6)32-24/h9-11,14-15H,12-13H2,1-8H3,(H,27,30). The van der Waals surface area contributed by atoms with Crippen molar-refractivity contribution in [2.45, 2.75) is 66.5 Å². The molecule has 0 atom stereocenters. The average Bonchev–Trinajstić information content (AvgIpc) is 2.97. The van der Waals surface area contributed by atoms with Gasteiger partial charge in [-0.05, 0) is 56.5 Å². The molecular formula is C25H34N4O2S. The van der Waals surface area contributed by atoms with E-state index in [1.54, 1.807) is 0 Å². The lowest BCUT2D eigenvalue weighted by molar-refractivity contribution is -0.116. The molecular weight excluding hydrogens is 420 g/mol. The van der Waals surface area contributed by atoms with E-state index in [9.17, 15) is 9.59 Å². The van der Waals surface area contributed by atoms with E-state index in [1.807, 2.05) is 38.9 Å². The van der Waals surface area contributed by atoms with Gasteiger partial charge in [0.2, 0.25) is 5.91 Å². The van der Waals surface area contributed by atoms with E-state index < -0.39 is 0 Å². The molecule has 2 aromatic heterocycles. The van der Waals surface area contributed by atoms with Crippen molar-refractivity contribution in [3.05, 3.63) is 55.9 Å². The molecule has 32 heavy (non-hydrogen) atoms. The van der Waals surface area contributed by atoms with Gasteiger partial charge in [-0.3, -0.25) is 14.2 Å². The second-order valence-corrected chi connectivity index (χ2v) is 10.5. The summed E-state index contributed by atoms with van der Waals surface area (Å²) in [5, 5.41) is 3.75. The van der Waals surface area contributed by atoms with Crippen molar-refractivity contribution in [1.29, 1.82) is 0 Å². The maximum Gasteiger partial charge on any atom is 0.263 e. The van der Waals surface area contributed by atoms with Crippen LogP contribution in [0.4, 0.5) is 5.69 Å². The van der Waals surface area contributed by atoms with E-state index in [2.05, 4.69) is 45.1 Å². The Morgan fingerprint density at radius 1 is 1.12 bits per heavy atom. The van der Waals surface area contributed by atoms with Gasteiger partial charge in [-0.1, -0.05) is 45.9 Å². The van der Waals surface area contributed by atoms with E-state index in [0.29, 0.717) is 17.8 Å². The van der Waals surface area contributed by atoms with Crippen molar-refractivity contribution in [2.24, 2.45) is 0 Å². The van der Waals surface area contributed by atoms with E-state index in [4.69, 9.17) is 4.98 Å². The first-order chi connectivity index (χ1) is 15.0. The lowest BCUT2D eigenvalue weighted by Gasteiger charge is -2.21. The van der Waals surface area contributed by atoms with Crippen LogP contribution in [0.5, 0.6) is 0 Å². The molecule has 172 valence electrons. The highest BCUT2D eigenvalue weighted by molar-refractivity contribution is 7.18. The third-order valence-corrected chi connectivity index (χ3v) is 6.87. The zero-order valence-corrected chi connectivity index (χ0v) is 21.2. The van der Waals surface area contributed by atoms with Gasteiger partial charge >= 0.3 is 0 Å². The zero-order chi connectivity index (χ0) is 23.7. The molecule has 7 heteroatoms. The van der Waals surface area contributed by atoms with Gasteiger partial charge < -0.3 is 10.2 Å². The molecule has 0 saturated carbocycles. The molecule has 3 aromatic rings. The Morgan fingerprint density at radius 2 is 1.72 bits per heavy atom. The maximum absolute atomic E-state index is 13.4. The molecule has 0 bridgehead atoms. The van der Waals surface area contributed by atoms with Crippen LogP contribution in [0.2, 0.25) is 0 Å². The molecule has 2 heterocycles. The van der Waals surface area contributed by atoms with Crippen LogP contribution < -0.4 is 10.9 Å². The van der Waals surface area contributed by atoms with Crippen molar-refractivity contribution in [3.8, 4) is 0 Å². The van der Waals surface area contributed by atoms with Gasteiger partial charge in [-0.2, -0.15) is 0 Å². The summed E-state index contributed by atoms with van der Waals surface area (Å²) in [4.78, 5) is 35.2. The molecule has 3 rings (SSSR count). The van der Waals surface area contributed by atoms with Crippen molar-refractivity contribution < 1.29 is 4.79 Å². The predicted molar refractivity (Wildman–Crippen MR) is 134 cm³/mol. The average molecular weight is 455 g/mol. The van der Waals surface area contributed by atoms with Gasteiger partial charge in [0.25, 0.3) is 5.56 Å². The van der Waals surface area contributed by atoms with Crippen molar-refractivity contribution in [2.75, 3.05) is 19.4 Å². The Bertz CT molecular complexity index is 1180. The van der Waals surface area contributed by atoms with Crippen LogP contribution in [0.1, 0.15) is 66.9 Å². The summed E-state index contributed by atoms with van der Waals surface area (Å²) in [6, 6.07) is 6.15. The molecule has 1 amide bonds. The third-order valence-electron chi connectivity index (χ3n) is 5.76. The fraction of sp³-hybridized carbons (Fsp3) is 0.480. The zero-order valence-electron chi connectivity index (χ0n) is 20.4. The fourth-order valence-electron chi connectivity index (χ4n) is 3.95. The largest absolute Gasteiger partial charge is 0.324 e. The highest BCUT2D eigenvalue weighted by atomic mass is 32.1. The van der Waals surface area contributed by atoms with Crippen molar-refractivity contribution in [3.63, 3.8) is 0 Å². The molecule has 0 aliphatic rings. The number of anilines is 1. The number of hydrogen-bond donors (Lipinski definition) is 1. The summed E-state index contributed by atoms with van der Waals surface area (Å²) in [6.45, 7) is 12.8. The Labute approximate surface area is 194 Å². The number of nitrogens with one attached hydrogen (secondary N) is 1. The van der Waals surface area contributed by atoms with Crippen LogP contribution >= 0.6 is 11.3 Å². The first kappa shape index (κ1) is 24.1. The smallest absolute Gasteiger partial charge is 0.263 e. The van der Waals surface area contributed by atoms with E-state index in [0.717, 1.165) is 32.1 Å². The normalized spacial score (nSPS) is 11.8. The molecule has 0 fully saturated rings. The number of aryl methyl sites for hydroxylation is 2. The van der Waals surface area contributed by atoms with E-state index in [-0.39, 0.29) is 29.8 Å². The Balaban J connectivity index is 2.05. The molecule has 6 nitrogen and oxygen atoms in total. The summed E-state index contributed by atoms with van der Waals surface area (Å²) in [7, 11) is 3.86. The first-order valence-electron chi connectivity index (χ1n) is 11.1. The quantitative estimate of drug-likeness (QED) is 0.544. The number of amides is 1. The first-order valence-corrected chi connectivity index (χ1v) is 11.9. The molecule has 0 aliphatic heterocycles. The maximum atomic E-state index is 13.4. The van der Waals surface area contributed by atoms with Gasteiger partial charge in [0.15, 0.2) is 0 Å². The van der Waals surface area contributed by atoms with Crippen LogP contribution in [0, 0.1) is 13.8 Å². The monoisotopic (exact) mass is 454 g/mol. The summed E-state index contributed by atoms with van der Waals surface area (Å²) < 4.78 is 1.53. The number of hydrogen-bond acceptors (Lipinski definition) is 5. The fourth-order valence-corrected chi connectivity index (χ4v) is 4.99. The highest BCUT2D eigenvalue weighted by Gasteiger charge is 2.20. The molecule has 0 aliphatic carbocycles. The summed E-state index contributed by atoms with van der Waals surface area (Å²) in [5.41, 5.74) is 3.86. The number of para-hydroxylation sites is 1. The minimum atomic E-state index is -0.215. The lowest BCUT2D eigenvalue weighted by atomic mass is 9.92. The van der Waals surface area contributed by atoms with Crippen LogP contribution in [0.3, 0.4) is 0 Å². The van der Waals surface area contributed by atoms with Gasteiger partial charge in [0.05, 0.1) is 11.9 Å². The number of fused-ring (bicyclic) bond motifs is 1. The van der Waals surface area contributed by atoms with Crippen LogP contribution in [-0.4, -0.2) is 34.5 Å². The summed E-state index contributed by atoms with van der Waals surface area (Å²) in [5.74, 6) is 0.925. The number of benzene rings is 1. The van der Waals surface area contributed by atoms with Gasteiger partial charge in [-0.15, -0.1) is 11.3 Å². The lowest BCUT2D eigenvalue weighted by Crippen LogP contribution is -2.33. The minimum absolute atomic E-state index is 0.0662. The van der Waals surface area contributed by atoms with E-state index >= 15 is 0 Å². The molecule has 1 N–H and O–H groups in total. The number of carbonyl (C=O) groups is 1. The Kier molecular flexibility index (Phi) is 7.20. The van der Waals surface area contributed by atoms with E-state index in [1.165, 1.54) is 15.9 Å². The number of thiophene rings is 1. The Hall–Kier alpha value is -2.51. The summed E-state index contributed by atoms with van der Waals surface area (Å²) in [6.07, 6.45) is 0. The molecule has 0 unspecified atom stereocenters. The second kappa shape index (κ2) is 9.55. The topological polar surface area (TPSA) is 67.2 Å². The number of aromatic nitrogens is 2. The Morgan fingerprint density at radius 3 is 2.25 bits per heavy atom. The predicted octanol–water partition coefficient (Wildman–Crippen LogP) is 5.02. The number of nitrogens with zero attached hydrogens (tertiary/aromatic N) is 3. The van der Waals surface area contributed by atoms with Crippen LogP contribution in [0.25, 0.3) is 10.2 Å². The van der Waals surface area contributed by atoms with Gasteiger partial charge in [0.1, 0.15) is 17.2 Å². The number of rotatable bonds is 7. The molecule has 0 radical (unpaired) electrons. The van der Waals surface area contributed by atoms with Gasteiger partial charge in [0, 0.05) is 10.6 Å². The summed E-state index contributed by atoms with van der Waals surface area (Å²) >= 11 is 1.53. The molecule has 1 aromatic carbocycles. The van der Waals surface area contributed by atoms with Crippen molar-refractivity contribution >= 4 is 33.1 Å². The second-order valence-electron chi connectivity index (χ2n) is 9.29. The van der Waals surface area contributed by atoms with Crippen molar-refractivity contribution in [1.82, 2.24) is 14.5 Å².